The van der Waals surface area contributed by atoms with Gasteiger partial charge in [0, 0.05) is 40.0 Å². The van der Waals surface area contributed by atoms with E-state index in [1.807, 2.05) is 31.2 Å². The van der Waals surface area contributed by atoms with Crippen LogP contribution in [-0.4, -0.2) is 63.3 Å². The molecule has 2 heterocycles. The van der Waals surface area contributed by atoms with Crippen LogP contribution in [0.2, 0.25) is 0 Å². The summed E-state index contributed by atoms with van der Waals surface area (Å²) in [5, 5.41) is 20.0. The number of rotatable bonds is 9. The van der Waals surface area contributed by atoms with Crippen LogP contribution in [0.1, 0.15) is 35.1 Å². The predicted octanol–water partition coefficient (Wildman–Crippen LogP) is 0.861. The second-order valence-electron chi connectivity index (χ2n) is 8.45. The molecule has 0 saturated heterocycles. The first-order chi connectivity index (χ1) is 18.4. The van der Waals surface area contributed by atoms with Crippen LogP contribution in [0.5, 0.6) is 0 Å². The van der Waals surface area contributed by atoms with Gasteiger partial charge >= 0.3 is 11.9 Å². The van der Waals surface area contributed by atoms with Gasteiger partial charge in [-0.2, -0.15) is 5.21 Å². The summed E-state index contributed by atoms with van der Waals surface area (Å²) < 4.78 is 11.5. The van der Waals surface area contributed by atoms with Crippen LogP contribution in [0.3, 0.4) is 0 Å². The summed E-state index contributed by atoms with van der Waals surface area (Å²) in [6, 6.07) is 14.1. The molecule has 4 rings (SSSR count). The Bertz CT molecular complexity index is 1560. The number of hydrogen-bond donors (Lipinski definition) is 2. The Balaban J connectivity index is 1.59. The van der Waals surface area contributed by atoms with E-state index in [0.717, 1.165) is 27.0 Å². The van der Waals surface area contributed by atoms with Crippen molar-refractivity contribution < 1.29 is 23.9 Å². The first kappa shape index (κ1) is 26.3. The summed E-state index contributed by atoms with van der Waals surface area (Å²) in [5.74, 6) is -1.25. The summed E-state index contributed by atoms with van der Waals surface area (Å²) in [7, 11) is 2.40. The van der Waals surface area contributed by atoms with Gasteiger partial charge in [0.1, 0.15) is 6.04 Å². The largest absolute Gasteiger partial charge is 0.469 e. The van der Waals surface area contributed by atoms with Crippen molar-refractivity contribution in [3.8, 4) is 0 Å². The molecule has 0 aliphatic carbocycles. The third-order valence-corrected chi connectivity index (χ3v) is 6.15. The molecular formula is C27H28N6O5. The van der Waals surface area contributed by atoms with Crippen LogP contribution in [0, 0.1) is 0 Å². The van der Waals surface area contributed by atoms with E-state index in [1.54, 1.807) is 12.1 Å². The number of carbonyl (C=O) groups excluding carboxylic acids is 3. The van der Waals surface area contributed by atoms with Crippen molar-refractivity contribution >= 4 is 40.9 Å². The fourth-order valence-corrected chi connectivity index (χ4v) is 4.28. The number of para-hydroxylation sites is 1. The van der Waals surface area contributed by atoms with E-state index < -0.39 is 23.9 Å². The molecule has 2 N–H and O–H groups in total. The molecule has 0 unspecified atom stereocenters. The van der Waals surface area contributed by atoms with Crippen molar-refractivity contribution in [1.29, 1.82) is 0 Å². The lowest BCUT2D eigenvalue weighted by molar-refractivity contribution is -0.149. The minimum absolute atomic E-state index is 0.323. The molecule has 0 radical (unpaired) electrons. The lowest BCUT2D eigenvalue weighted by Crippen LogP contribution is -2.43. The Kier molecular flexibility index (Phi) is 8.27. The van der Waals surface area contributed by atoms with E-state index in [2.05, 4.69) is 59.5 Å². The topological polar surface area (TPSA) is 141 Å². The summed E-state index contributed by atoms with van der Waals surface area (Å²) in [4.78, 5) is 36.4. The van der Waals surface area contributed by atoms with Crippen LogP contribution < -0.4 is 15.9 Å². The Morgan fingerprint density at radius 2 is 1.84 bits per heavy atom. The van der Waals surface area contributed by atoms with Crippen LogP contribution in [0.15, 0.2) is 48.5 Å². The third kappa shape index (κ3) is 5.77. The van der Waals surface area contributed by atoms with E-state index >= 15 is 0 Å². The molecule has 0 spiro atoms. The summed E-state index contributed by atoms with van der Waals surface area (Å²) >= 11 is 0. The monoisotopic (exact) mass is 516 g/mol. The van der Waals surface area contributed by atoms with Gasteiger partial charge in [-0.3, -0.25) is 9.59 Å². The number of methoxy groups -OCH3 is 2. The minimum atomic E-state index is -1.14. The number of nitrogens with zero attached hydrogens (tertiary/aromatic N) is 4. The molecule has 11 heteroatoms. The van der Waals surface area contributed by atoms with Crippen molar-refractivity contribution in [2.45, 2.75) is 32.4 Å². The van der Waals surface area contributed by atoms with E-state index in [9.17, 15) is 14.4 Å². The zero-order valence-corrected chi connectivity index (χ0v) is 21.3. The first-order valence-corrected chi connectivity index (χ1v) is 12.0. The van der Waals surface area contributed by atoms with Crippen LogP contribution in [-0.2, 0) is 32.0 Å². The van der Waals surface area contributed by atoms with Crippen molar-refractivity contribution in [3.05, 3.63) is 76.1 Å². The normalized spacial score (nSPS) is 12.9. The molecule has 2 aromatic carbocycles. The number of carbonyl (C=O) groups is 3. The van der Waals surface area contributed by atoms with Gasteiger partial charge in [-0.25, -0.2) is 4.79 Å². The van der Waals surface area contributed by atoms with E-state index in [4.69, 9.17) is 4.74 Å². The molecule has 0 aliphatic rings. The van der Waals surface area contributed by atoms with Crippen LogP contribution >= 0.6 is 0 Å². The SMILES string of the molecule is C/C=c1\c(=C/Cc2nn[nH]n2)c2ccccc2n1Cc1ccc(C(=O)N[C@@H](CC(=O)OC)C(=O)OC)cc1. The summed E-state index contributed by atoms with van der Waals surface area (Å²) in [6.07, 6.45) is 4.38. The zero-order valence-electron chi connectivity index (χ0n) is 21.3. The van der Waals surface area contributed by atoms with Gasteiger partial charge in [0.05, 0.1) is 20.6 Å². The molecular weight excluding hydrogens is 488 g/mol. The minimum Gasteiger partial charge on any atom is -0.469 e. The molecule has 196 valence electrons. The van der Waals surface area contributed by atoms with Gasteiger partial charge in [0.15, 0.2) is 5.82 Å². The Morgan fingerprint density at radius 3 is 2.50 bits per heavy atom. The molecule has 0 aliphatic heterocycles. The van der Waals surface area contributed by atoms with Gasteiger partial charge in [0.25, 0.3) is 5.91 Å². The predicted molar refractivity (Wildman–Crippen MR) is 139 cm³/mol. The molecule has 0 fully saturated rings. The number of amides is 1. The number of tetrazole rings is 1. The van der Waals surface area contributed by atoms with Crippen molar-refractivity contribution in [1.82, 2.24) is 30.5 Å². The fraction of sp³-hybridized carbons (Fsp3) is 0.259. The molecule has 38 heavy (non-hydrogen) atoms. The van der Waals surface area contributed by atoms with E-state index in [0.29, 0.717) is 24.4 Å². The number of esters is 2. The number of ether oxygens (including phenoxy) is 2. The molecule has 1 amide bonds. The van der Waals surface area contributed by atoms with Gasteiger partial charge in [-0.05, 0) is 30.7 Å². The molecule has 1 atom stereocenters. The summed E-state index contributed by atoms with van der Waals surface area (Å²) in [6.45, 7) is 2.57. The molecule has 0 saturated carbocycles. The highest BCUT2D eigenvalue weighted by atomic mass is 16.5. The van der Waals surface area contributed by atoms with Crippen LogP contribution in [0.4, 0.5) is 0 Å². The maximum Gasteiger partial charge on any atom is 0.328 e. The number of benzene rings is 2. The first-order valence-electron chi connectivity index (χ1n) is 12.0. The highest BCUT2D eigenvalue weighted by molar-refractivity contribution is 5.97. The number of aromatic nitrogens is 5. The van der Waals surface area contributed by atoms with Gasteiger partial charge in [-0.1, -0.05) is 47.7 Å². The average Bonchev–Trinajstić information content (AvgIpc) is 3.57. The Morgan fingerprint density at radius 1 is 1.08 bits per heavy atom. The highest BCUT2D eigenvalue weighted by Gasteiger charge is 2.25. The number of hydrogen-bond acceptors (Lipinski definition) is 8. The van der Waals surface area contributed by atoms with E-state index in [-0.39, 0.29) is 6.42 Å². The number of nitrogens with one attached hydrogen (secondary N) is 2. The second-order valence-corrected chi connectivity index (χ2v) is 8.45. The summed E-state index contributed by atoms with van der Waals surface area (Å²) in [5.41, 5.74) is 2.40. The number of aromatic amines is 1. The number of fused-ring (bicyclic) bond motifs is 1. The maximum atomic E-state index is 12.8. The second kappa shape index (κ2) is 12.0. The molecule has 11 nitrogen and oxygen atoms in total. The lowest BCUT2D eigenvalue weighted by atomic mass is 10.1. The third-order valence-electron chi connectivity index (χ3n) is 6.15. The van der Waals surface area contributed by atoms with Crippen molar-refractivity contribution in [3.63, 3.8) is 0 Å². The van der Waals surface area contributed by atoms with E-state index in [1.165, 1.54) is 14.2 Å². The van der Waals surface area contributed by atoms with Crippen molar-refractivity contribution in [2.75, 3.05) is 14.2 Å². The maximum absolute atomic E-state index is 12.8. The molecule has 2 aromatic heterocycles. The lowest BCUT2D eigenvalue weighted by Gasteiger charge is -2.15. The van der Waals surface area contributed by atoms with Crippen LogP contribution in [0.25, 0.3) is 23.1 Å². The van der Waals surface area contributed by atoms with Gasteiger partial charge in [-0.15, -0.1) is 10.2 Å². The standard InChI is InChI=1S/C27H28N6O5/c1-4-22-20(13-14-24-29-31-32-30-24)19-7-5-6-8-23(19)33(22)16-17-9-11-18(12-10-17)26(35)28-21(27(36)38-3)15-25(34)37-2/h4-13,21H,14-16H2,1-3H3,(H,28,35)(H,29,30,31,32)/b20-13-,22-4+/t21-/m0/s1. The van der Waals surface area contributed by atoms with Gasteiger partial charge < -0.3 is 19.4 Å². The quantitative estimate of drug-likeness (QED) is 0.312. The molecule has 0 bridgehead atoms. The average molecular weight is 517 g/mol. The van der Waals surface area contributed by atoms with Crippen molar-refractivity contribution in [2.24, 2.45) is 0 Å². The van der Waals surface area contributed by atoms with Gasteiger partial charge in [0.2, 0.25) is 0 Å². The Labute approximate surface area is 218 Å². The fourth-order valence-electron chi connectivity index (χ4n) is 4.28. The Hall–Kier alpha value is -4.80. The highest BCUT2D eigenvalue weighted by Crippen LogP contribution is 2.13. The smallest absolute Gasteiger partial charge is 0.328 e. The molecule has 4 aromatic rings. The zero-order chi connectivity index (χ0) is 27.1. The number of H-pyrrole nitrogens is 1.